The van der Waals surface area contributed by atoms with E-state index >= 15 is 0 Å². The van der Waals surface area contributed by atoms with Crippen LogP contribution in [0.15, 0.2) is 52.9 Å². The third-order valence-corrected chi connectivity index (χ3v) is 3.80. The van der Waals surface area contributed by atoms with Gasteiger partial charge in [-0.2, -0.15) is 0 Å². The molecule has 2 aromatic carbocycles. The lowest BCUT2D eigenvalue weighted by atomic mass is 10.1. The van der Waals surface area contributed by atoms with Gasteiger partial charge in [-0.3, -0.25) is 4.79 Å². The van der Waals surface area contributed by atoms with Gasteiger partial charge in [-0.15, -0.1) is 10.2 Å². The summed E-state index contributed by atoms with van der Waals surface area (Å²) in [6.45, 7) is 2.33. The zero-order chi connectivity index (χ0) is 17.6. The number of carbonyl (C=O) groups excluding carboxylic acids is 1. The fourth-order valence-electron chi connectivity index (χ4n) is 2.43. The van der Waals surface area contributed by atoms with E-state index in [0.29, 0.717) is 30.3 Å². The van der Waals surface area contributed by atoms with Crippen molar-refractivity contribution in [1.29, 1.82) is 0 Å². The molecule has 6 heteroatoms. The molecule has 0 aliphatic heterocycles. The van der Waals surface area contributed by atoms with E-state index in [1.54, 1.807) is 13.2 Å². The molecule has 1 aromatic heterocycles. The van der Waals surface area contributed by atoms with Crippen LogP contribution in [0.2, 0.25) is 0 Å². The third-order valence-electron chi connectivity index (χ3n) is 3.80. The Kier molecular flexibility index (Phi) is 5.09. The molecule has 0 unspecified atom stereocenters. The zero-order valence-electron chi connectivity index (χ0n) is 14.2. The summed E-state index contributed by atoms with van der Waals surface area (Å²) in [7, 11) is 1.61. The number of rotatable bonds is 6. The van der Waals surface area contributed by atoms with Crippen molar-refractivity contribution in [2.24, 2.45) is 0 Å². The number of nitrogens with zero attached hydrogens (tertiary/aromatic N) is 2. The van der Waals surface area contributed by atoms with E-state index < -0.39 is 0 Å². The standard InChI is InChI=1S/C19H19N3O3/c1-13-6-3-4-9-16(13)18(23)20-11-10-17-21-22-19(25-17)14-7-5-8-15(12-14)24-2/h3-9,12H,10-11H2,1-2H3,(H,20,23). The summed E-state index contributed by atoms with van der Waals surface area (Å²) >= 11 is 0. The monoisotopic (exact) mass is 337 g/mol. The summed E-state index contributed by atoms with van der Waals surface area (Å²) in [6, 6.07) is 14.9. The number of aromatic nitrogens is 2. The molecule has 0 saturated carbocycles. The van der Waals surface area contributed by atoms with E-state index in [4.69, 9.17) is 9.15 Å². The Morgan fingerprint density at radius 3 is 2.80 bits per heavy atom. The van der Waals surface area contributed by atoms with Crippen LogP contribution in [0.1, 0.15) is 21.8 Å². The first-order valence-corrected chi connectivity index (χ1v) is 7.98. The average Bonchev–Trinajstić information content (AvgIpc) is 3.11. The highest BCUT2D eigenvalue weighted by atomic mass is 16.5. The van der Waals surface area contributed by atoms with E-state index in [0.717, 1.165) is 16.9 Å². The zero-order valence-corrected chi connectivity index (χ0v) is 14.2. The van der Waals surface area contributed by atoms with Gasteiger partial charge in [0.05, 0.1) is 7.11 Å². The summed E-state index contributed by atoms with van der Waals surface area (Å²) in [5.74, 6) is 1.52. The van der Waals surface area contributed by atoms with Gasteiger partial charge >= 0.3 is 0 Å². The van der Waals surface area contributed by atoms with Gasteiger partial charge in [0, 0.05) is 24.1 Å². The van der Waals surface area contributed by atoms with Gasteiger partial charge in [0.25, 0.3) is 5.91 Å². The second-order valence-corrected chi connectivity index (χ2v) is 5.55. The lowest BCUT2D eigenvalue weighted by molar-refractivity contribution is 0.0953. The van der Waals surface area contributed by atoms with Gasteiger partial charge in [0.2, 0.25) is 11.8 Å². The molecule has 0 bridgehead atoms. The lowest BCUT2D eigenvalue weighted by Crippen LogP contribution is -2.26. The summed E-state index contributed by atoms with van der Waals surface area (Å²) in [5, 5.41) is 10.9. The van der Waals surface area contributed by atoms with E-state index in [1.807, 2.05) is 49.4 Å². The SMILES string of the molecule is COc1cccc(-c2nnc(CCNC(=O)c3ccccc3C)o2)c1. The van der Waals surface area contributed by atoms with Crippen molar-refractivity contribution in [1.82, 2.24) is 15.5 Å². The van der Waals surface area contributed by atoms with E-state index in [-0.39, 0.29) is 5.91 Å². The van der Waals surface area contributed by atoms with Gasteiger partial charge in [-0.1, -0.05) is 24.3 Å². The third kappa shape index (κ3) is 4.03. The normalized spacial score (nSPS) is 10.5. The smallest absolute Gasteiger partial charge is 0.251 e. The first-order valence-electron chi connectivity index (χ1n) is 7.98. The highest BCUT2D eigenvalue weighted by Crippen LogP contribution is 2.22. The maximum atomic E-state index is 12.2. The molecular weight excluding hydrogens is 318 g/mol. The molecule has 3 rings (SSSR count). The Labute approximate surface area is 145 Å². The molecule has 1 heterocycles. The van der Waals surface area contributed by atoms with Crippen LogP contribution in [0.3, 0.4) is 0 Å². The predicted octanol–water partition coefficient (Wildman–Crippen LogP) is 3.03. The minimum absolute atomic E-state index is 0.106. The Morgan fingerprint density at radius 2 is 2.00 bits per heavy atom. The van der Waals surface area contributed by atoms with Gasteiger partial charge in [0.1, 0.15) is 5.75 Å². The van der Waals surface area contributed by atoms with Crippen LogP contribution in [0.5, 0.6) is 5.75 Å². The Morgan fingerprint density at radius 1 is 1.16 bits per heavy atom. The minimum Gasteiger partial charge on any atom is -0.497 e. The molecule has 6 nitrogen and oxygen atoms in total. The molecule has 0 radical (unpaired) electrons. The van der Waals surface area contributed by atoms with Crippen LogP contribution in [-0.4, -0.2) is 29.8 Å². The molecule has 25 heavy (non-hydrogen) atoms. The number of aryl methyl sites for hydroxylation is 1. The van der Waals surface area contributed by atoms with Crippen molar-refractivity contribution >= 4 is 5.91 Å². The van der Waals surface area contributed by atoms with Gasteiger partial charge < -0.3 is 14.5 Å². The second-order valence-electron chi connectivity index (χ2n) is 5.55. The molecule has 0 aliphatic rings. The Bertz CT molecular complexity index is 874. The van der Waals surface area contributed by atoms with Crippen molar-refractivity contribution in [3.05, 3.63) is 65.5 Å². The minimum atomic E-state index is -0.106. The largest absolute Gasteiger partial charge is 0.497 e. The van der Waals surface area contributed by atoms with Crippen LogP contribution in [0, 0.1) is 6.92 Å². The summed E-state index contributed by atoms with van der Waals surface area (Å²) < 4.78 is 10.8. The number of amides is 1. The van der Waals surface area contributed by atoms with Crippen LogP contribution >= 0.6 is 0 Å². The van der Waals surface area contributed by atoms with E-state index in [9.17, 15) is 4.79 Å². The van der Waals surface area contributed by atoms with Crippen molar-refractivity contribution in [2.45, 2.75) is 13.3 Å². The molecule has 1 amide bonds. The molecule has 3 aromatic rings. The molecule has 1 N–H and O–H groups in total. The fourth-order valence-corrected chi connectivity index (χ4v) is 2.43. The molecule has 0 aliphatic carbocycles. The van der Waals surface area contributed by atoms with Crippen LogP contribution in [-0.2, 0) is 6.42 Å². The summed E-state index contributed by atoms with van der Waals surface area (Å²) in [4.78, 5) is 12.2. The quantitative estimate of drug-likeness (QED) is 0.748. The summed E-state index contributed by atoms with van der Waals surface area (Å²) in [6.07, 6.45) is 0.467. The predicted molar refractivity (Wildman–Crippen MR) is 93.5 cm³/mol. The van der Waals surface area contributed by atoms with Crippen LogP contribution in [0.25, 0.3) is 11.5 Å². The number of nitrogens with one attached hydrogen (secondary N) is 1. The van der Waals surface area contributed by atoms with Crippen LogP contribution < -0.4 is 10.1 Å². The van der Waals surface area contributed by atoms with Crippen molar-refractivity contribution < 1.29 is 13.9 Å². The number of ether oxygens (including phenoxy) is 1. The van der Waals surface area contributed by atoms with E-state index in [1.165, 1.54) is 0 Å². The Balaban J connectivity index is 1.59. The van der Waals surface area contributed by atoms with Gasteiger partial charge in [-0.25, -0.2) is 0 Å². The fraction of sp³-hybridized carbons (Fsp3) is 0.211. The number of hydrogen-bond acceptors (Lipinski definition) is 5. The number of carbonyl (C=O) groups is 1. The second kappa shape index (κ2) is 7.61. The molecule has 0 spiro atoms. The maximum Gasteiger partial charge on any atom is 0.251 e. The number of benzene rings is 2. The molecule has 128 valence electrons. The van der Waals surface area contributed by atoms with Crippen molar-refractivity contribution in [2.75, 3.05) is 13.7 Å². The molecular formula is C19H19N3O3. The lowest BCUT2D eigenvalue weighted by Gasteiger charge is -2.06. The molecule has 0 fully saturated rings. The highest BCUT2D eigenvalue weighted by Gasteiger charge is 2.11. The average molecular weight is 337 g/mol. The summed E-state index contributed by atoms with van der Waals surface area (Å²) in [5.41, 5.74) is 2.41. The first kappa shape index (κ1) is 16.7. The topological polar surface area (TPSA) is 77.3 Å². The van der Waals surface area contributed by atoms with Crippen molar-refractivity contribution in [3.8, 4) is 17.2 Å². The maximum absolute atomic E-state index is 12.2. The van der Waals surface area contributed by atoms with Crippen molar-refractivity contribution in [3.63, 3.8) is 0 Å². The highest BCUT2D eigenvalue weighted by molar-refractivity contribution is 5.95. The number of hydrogen-bond donors (Lipinski definition) is 1. The first-order chi connectivity index (χ1) is 12.2. The van der Waals surface area contributed by atoms with E-state index in [2.05, 4.69) is 15.5 Å². The number of methoxy groups -OCH3 is 1. The Hall–Kier alpha value is -3.15. The van der Waals surface area contributed by atoms with Gasteiger partial charge in [0.15, 0.2) is 0 Å². The molecule has 0 atom stereocenters. The van der Waals surface area contributed by atoms with Gasteiger partial charge in [-0.05, 0) is 36.8 Å². The molecule has 0 saturated heterocycles. The van der Waals surface area contributed by atoms with Crippen LogP contribution in [0.4, 0.5) is 0 Å².